The molecule has 1 atom stereocenters. The predicted octanol–water partition coefficient (Wildman–Crippen LogP) is 0.986. The van der Waals surface area contributed by atoms with Gasteiger partial charge in [-0.3, -0.25) is 4.99 Å². The van der Waals surface area contributed by atoms with E-state index in [-0.39, 0.29) is 0 Å². The first-order valence-corrected chi connectivity index (χ1v) is 3.49. The molecule has 1 unspecified atom stereocenters. The molecule has 0 aliphatic carbocycles. The van der Waals surface area contributed by atoms with Gasteiger partial charge in [0, 0.05) is 20.1 Å². The van der Waals surface area contributed by atoms with Crippen LogP contribution in [0.1, 0.15) is 13.3 Å². The van der Waals surface area contributed by atoms with Crippen LogP contribution in [0.2, 0.25) is 0 Å². The monoisotopic (exact) mass is 126 g/mol. The molecule has 52 valence electrons. The number of rotatable bonds is 0. The SMILES string of the molecule is CC1CCN(C)C=NC1. The molecule has 1 rings (SSSR count). The van der Waals surface area contributed by atoms with Crippen molar-refractivity contribution in [1.29, 1.82) is 0 Å². The highest BCUT2D eigenvalue weighted by molar-refractivity contribution is 5.54. The molecular weight excluding hydrogens is 112 g/mol. The summed E-state index contributed by atoms with van der Waals surface area (Å²) < 4.78 is 0. The zero-order valence-electron chi connectivity index (χ0n) is 6.17. The lowest BCUT2D eigenvalue weighted by atomic mass is 10.1. The Labute approximate surface area is 56.6 Å². The fourth-order valence-electron chi connectivity index (χ4n) is 0.940. The molecule has 1 heterocycles. The number of hydrogen-bond donors (Lipinski definition) is 0. The summed E-state index contributed by atoms with van der Waals surface area (Å²) >= 11 is 0. The Balaban J connectivity index is 2.39. The van der Waals surface area contributed by atoms with Gasteiger partial charge in [-0.05, 0) is 12.3 Å². The molecule has 0 N–H and O–H groups in total. The van der Waals surface area contributed by atoms with Gasteiger partial charge < -0.3 is 4.90 Å². The minimum Gasteiger partial charge on any atom is -0.366 e. The zero-order valence-corrected chi connectivity index (χ0v) is 6.17. The van der Waals surface area contributed by atoms with Crippen molar-refractivity contribution < 1.29 is 0 Å². The van der Waals surface area contributed by atoms with Crippen LogP contribution in [-0.4, -0.2) is 31.4 Å². The van der Waals surface area contributed by atoms with Gasteiger partial charge in [0.1, 0.15) is 0 Å². The molecule has 1 aliphatic rings. The molecule has 0 saturated heterocycles. The van der Waals surface area contributed by atoms with E-state index in [2.05, 4.69) is 23.9 Å². The fraction of sp³-hybridized carbons (Fsp3) is 0.857. The van der Waals surface area contributed by atoms with Crippen LogP contribution in [0.25, 0.3) is 0 Å². The summed E-state index contributed by atoms with van der Waals surface area (Å²) in [4.78, 5) is 6.38. The molecule has 0 amide bonds. The van der Waals surface area contributed by atoms with E-state index in [0.29, 0.717) is 0 Å². The molecule has 0 aromatic rings. The smallest absolute Gasteiger partial charge is 0.0847 e. The van der Waals surface area contributed by atoms with E-state index < -0.39 is 0 Å². The number of hydrogen-bond acceptors (Lipinski definition) is 2. The normalized spacial score (nSPS) is 28.2. The van der Waals surface area contributed by atoms with Gasteiger partial charge in [-0.2, -0.15) is 0 Å². The highest BCUT2D eigenvalue weighted by Crippen LogP contribution is 2.05. The molecule has 0 spiro atoms. The van der Waals surface area contributed by atoms with Crippen molar-refractivity contribution in [2.24, 2.45) is 10.9 Å². The van der Waals surface area contributed by atoms with E-state index in [1.807, 2.05) is 6.34 Å². The standard InChI is InChI=1S/C7H14N2/c1-7-3-4-9(2)6-8-5-7/h6-7H,3-5H2,1-2H3. The first-order chi connectivity index (χ1) is 4.29. The molecule has 0 aromatic heterocycles. The van der Waals surface area contributed by atoms with Crippen LogP contribution in [0.5, 0.6) is 0 Å². The molecule has 0 radical (unpaired) electrons. The van der Waals surface area contributed by atoms with Gasteiger partial charge in [0.2, 0.25) is 0 Å². The lowest BCUT2D eigenvalue weighted by Crippen LogP contribution is -2.16. The van der Waals surface area contributed by atoms with Gasteiger partial charge in [-0.25, -0.2) is 0 Å². The average molecular weight is 126 g/mol. The van der Waals surface area contributed by atoms with E-state index in [1.165, 1.54) is 6.42 Å². The van der Waals surface area contributed by atoms with Gasteiger partial charge >= 0.3 is 0 Å². The van der Waals surface area contributed by atoms with Gasteiger partial charge in [0.15, 0.2) is 0 Å². The maximum absolute atomic E-state index is 4.23. The third-order valence-electron chi connectivity index (χ3n) is 1.67. The Morgan fingerprint density at radius 1 is 1.67 bits per heavy atom. The van der Waals surface area contributed by atoms with E-state index >= 15 is 0 Å². The second-order valence-electron chi connectivity index (χ2n) is 2.86. The summed E-state index contributed by atoms with van der Waals surface area (Å²) in [5, 5.41) is 0. The van der Waals surface area contributed by atoms with Crippen molar-refractivity contribution >= 4 is 6.34 Å². The minimum atomic E-state index is 0.770. The van der Waals surface area contributed by atoms with Crippen molar-refractivity contribution in [2.45, 2.75) is 13.3 Å². The average Bonchev–Trinajstić information content (AvgIpc) is 1.97. The zero-order chi connectivity index (χ0) is 6.69. The summed E-state index contributed by atoms with van der Waals surface area (Å²) in [6.45, 7) is 4.41. The van der Waals surface area contributed by atoms with Crippen LogP contribution in [0, 0.1) is 5.92 Å². The van der Waals surface area contributed by atoms with Crippen molar-refractivity contribution in [3.63, 3.8) is 0 Å². The summed E-state index contributed by atoms with van der Waals surface area (Å²) in [5.74, 6) is 0.770. The first-order valence-electron chi connectivity index (χ1n) is 3.49. The van der Waals surface area contributed by atoms with Gasteiger partial charge in [0.25, 0.3) is 0 Å². The van der Waals surface area contributed by atoms with Crippen molar-refractivity contribution in [1.82, 2.24) is 4.90 Å². The molecule has 0 fully saturated rings. The largest absolute Gasteiger partial charge is 0.366 e. The van der Waals surface area contributed by atoms with Crippen LogP contribution in [0.3, 0.4) is 0 Å². The van der Waals surface area contributed by atoms with Crippen LogP contribution < -0.4 is 0 Å². The molecule has 1 aliphatic heterocycles. The summed E-state index contributed by atoms with van der Waals surface area (Å²) in [5.41, 5.74) is 0. The third-order valence-corrected chi connectivity index (χ3v) is 1.67. The number of aliphatic imine (C=N–C) groups is 1. The molecule has 0 bridgehead atoms. The molecule has 2 heteroatoms. The second kappa shape index (κ2) is 2.85. The van der Waals surface area contributed by atoms with E-state index in [1.54, 1.807) is 0 Å². The van der Waals surface area contributed by atoms with E-state index in [4.69, 9.17) is 0 Å². The Morgan fingerprint density at radius 3 is 3.22 bits per heavy atom. The fourth-order valence-corrected chi connectivity index (χ4v) is 0.940. The van der Waals surface area contributed by atoms with Gasteiger partial charge in [-0.15, -0.1) is 0 Å². The van der Waals surface area contributed by atoms with Gasteiger partial charge in [0.05, 0.1) is 6.34 Å². The van der Waals surface area contributed by atoms with Crippen LogP contribution in [0.4, 0.5) is 0 Å². The Morgan fingerprint density at radius 2 is 2.44 bits per heavy atom. The maximum Gasteiger partial charge on any atom is 0.0847 e. The van der Waals surface area contributed by atoms with Crippen molar-refractivity contribution in [2.75, 3.05) is 20.1 Å². The van der Waals surface area contributed by atoms with Crippen LogP contribution >= 0.6 is 0 Å². The lowest BCUT2D eigenvalue weighted by Gasteiger charge is -2.10. The first kappa shape index (κ1) is 6.59. The highest BCUT2D eigenvalue weighted by atomic mass is 15.1. The van der Waals surface area contributed by atoms with Crippen molar-refractivity contribution in [3.8, 4) is 0 Å². The predicted molar refractivity (Wildman–Crippen MR) is 39.8 cm³/mol. The Hall–Kier alpha value is -0.530. The quantitative estimate of drug-likeness (QED) is 0.472. The lowest BCUT2D eigenvalue weighted by molar-refractivity contribution is 0.455. The van der Waals surface area contributed by atoms with Crippen LogP contribution in [0.15, 0.2) is 4.99 Å². The third kappa shape index (κ3) is 2.04. The summed E-state index contributed by atoms with van der Waals surface area (Å²) in [7, 11) is 2.07. The van der Waals surface area contributed by atoms with Gasteiger partial charge in [-0.1, -0.05) is 6.92 Å². The minimum absolute atomic E-state index is 0.770. The molecule has 0 aromatic carbocycles. The Bertz CT molecular complexity index is 109. The van der Waals surface area contributed by atoms with Crippen LogP contribution in [-0.2, 0) is 0 Å². The topological polar surface area (TPSA) is 15.6 Å². The van der Waals surface area contributed by atoms with E-state index in [0.717, 1.165) is 19.0 Å². The number of nitrogens with zero attached hydrogens (tertiary/aromatic N) is 2. The van der Waals surface area contributed by atoms with E-state index in [9.17, 15) is 0 Å². The molecule has 0 saturated carbocycles. The Kier molecular flexibility index (Phi) is 2.09. The van der Waals surface area contributed by atoms with Crippen molar-refractivity contribution in [3.05, 3.63) is 0 Å². The molecule has 9 heavy (non-hydrogen) atoms. The summed E-state index contributed by atoms with van der Waals surface area (Å²) in [6.07, 6.45) is 3.21. The second-order valence-corrected chi connectivity index (χ2v) is 2.86. The maximum atomic E-state index is 4.23. The molecular formula is C7H14N2. The summed E-state index contributed by atoms with van der Waals surface area (Å²) in [6, 6.07) is 0. The molecule has 2 nitrogen and oxygen atoms in total. The highest BCUT2D eigenvalue weighted by Gasteiger charge is 2.04.